The van der Waals surface area contributed by atoms with Crippen LogP contribution in [0, 0.1) is 0 Å². The van der Waals surface area contributed by atoms with E-state index >= 15 is 0 Å². The molecule has 96 valence electrons. The molecule has 0 amide bonds. The van der Waals surface area contributed by atoms with Crippen LogP contribution in [-0.4, -0.2) is 27.5 Å². The predicted molar refractivity (Wildman–Crippen MR) is 70.6 cm³/mol. The van der Waals surface area contributed by atoms with Gasteiger partial charge in [-0.1, -0.05) is 42.1 Å². The lowest BCUT2D eigenvalue weighted by Crippen LogP contribution is -2.00. The lowest BCUT2D eigenvalue weighted by atomic mass is 10.2. The van der Waals surface area contributed by atoms with Crippen molar-refractivity contribution < 1.29 is 4.74 Å². The lowest BCUT2D eigenvalue weighted by molar-refractivity contribution is 0.122. The summed E-state index contributed by atoms with van der Waals surface area (Å²) in [5, 5.41) is 6.77. The smallest absolute Gasteiger partial charge is 0.341 e. The number of nitrogens with zero attached hydrogens (tertiary/aromatic N) is 1. The summed E-state index contributed by atoms with van der Waals surface area (Å²) in [6.45, 7) is 1.35. The second kappa shape index (κ2) is 7.03. The molecule has 2 N–H and O–H groups in total. The molecule has 0 radical (unpaired) electrons. The van der Waals surface area contributed by atoms with Crippen molar-refractivity contribution in [1.29, 1.82) is 0 Å². The molecule has 0 saturated heterocycles. The molecule has 18 heavy (non-hydrogen) atoms. The number of H-pyrrole nitrogens is 2. The van der Waals surface area contributed by atoms with E-state index in [2.05, 4.69) is 15.2 Å². The summed E-state index contributed by atoms with van der Waals surface area (Å²) >= 11 is 1.51. The second-order valence-electron chi connectivity index (χ2n) is 3.72. The van der Waals surface area contributed by atoms with Crippen molar-refractivity contribution in [2.24, 2.45) is 0 Å². The van der Waals surface area contributed by atoms with Gasteiger partial charge in [-0.05, 0) is 12.0 Å². The SMILES string of the molecule is O=c1[nH]nc(SCCCOCc2ccccc2)[nH]1. The maximum atomic E-state index is 10.8. The molecular formula is C12H15N3O2S. The number of aromatic nitrogens is 3. The molecule has 5 nitrogen and oxygen atoms in total. The molecule has 1 aromatic carbocycles. The number of aromatic amines is 2. The highest BCUT2D eigenvalue weighted by atomic mass is 32.2. The first kappa shape index (κ1) is 12.9. The molecular weight excluding hydrogens is 250 g/mol. The lowest BCUT2D eigenvalue weighted by Gasteiger charge is -2.03. The minimum absolute atomic E-state index is 0.266. The van der Waals surface area contributed by atoms with Gasteiger partial charge in [0.25, 0.3) is 0 Å². The summed E-state index contributed by atoms with van der Waals surface area (Å²) in [6.07, 6.45) is 0.923. The van der Waals surface area contributed by atoms with Gasteiger partial charge in [0, 0.05) is 12.4 Å². The van der Waals surface area contributed by atoms with Gasteiger partial charge in [0.2, 0.25) is 0 Å². The number of rotatable bonds is 7. The summed E-state index contributed by atoms with van der Waals surface area (Å²) in [6, 6.07) is 10.1. The monoisotopic (exact) mass is 265 g/mol. The number of hydrogen-bond donors (Lipinski definition) is 2. The molecule has 0 aliphatic carbocycles. The zero-order valence-electron chi connectivity index (χ0n) is 9.89. The van der Waals surface area contributed by atoms with Crippen LogP contribution >= 0.6 is 11.8 Å². The second-order valence-corrected chi connectivity index (χ2v) is 4.81. The third-order valence-electron chi connectivity index (χ3n) is 2.26. The Morgan fingerprint density at radius 2 is 2.11 bits per heavy atom. The predicted octanol–water partition coefficient (Wildman–Crippen LogP) is 1.80. The Kier molecular flexibility index (Phi) is 5.04. The van der Waals surface area contributed by atoms with Crippen LogP contribution in [0.2, 0.25) is 0 Å². The van der Waals surface area contributed by atoms with Crippen molar-refractivity contribution in [3.63, 3.8) is 0 Å². The number of thioether (sulfide) groups is 1. The maximum absolute atomic E-state index is 10.8. The molecule has 0 fully saturated rings. The number of benzene rings is 1. The fourth-order valence-corrected chi connectivity index (χ4v) is 2.15. The average Bonchev–Trinajstić information content (AvgIpc) is 2.81. The molecule has 1 aromatic heterocycles. The molecule has 2 aromatic rings. The van der Waals surface area contributed by atoms with Gasteiger partial charge in [0.15, 0.2) is 5.16 Å². The zero-order chi connectivity index (χ0) is 12.6. The van der Waals surface area contributed by atoms with Gasteiger partial charge in [-0.2, -0.15) is 0 Å². The Balaban J connectivity index is 1.55. The number of nitrogens with one attached hydrogen (secondary N) is 2. The van der Waals surface area contributed by atoms with Crippen molar-refractivity contribution in [2.45, 2.75) is 18.2 Å². The standard InChI is InChI=1S/C12H15N3O2S/c16-11-13-12(15-14-11)18-8-4-7-17-9-10-5-2-1-3-6-10/h1-3,5-6H,4,7-9H2,(H2,13,14,15,16). The third kappa shape index (κ3) is 4.38. The Morgan fingerprint density at radius 3 is 2.83 bits per heavy atom. The summed E-state index contributed by atoms with van der Waals surface area (Å²) in [4.78, 5) is 13.4. The van der Waals surface area contributed by atoms with Crippen molar-refractivity contribution in [1.82, 2.24) is 15.2 Å². The molecule has 0 aliphatic rings. The number of ether oxygens (including phenoxy) is 1. The first-order valence-corrected chi connectivity index (χ1v) is 6.72. The maximum Gasteiger partial charge on any atom is 0.341 e. The molecule has 6 heteroatoms. The summed E-state index contributed by atoms with van der Waals surface area (Å²) in [5.74, 6) is 0.871. The summed E-state index contributed by atoms with van der Waals surface area (Å²) in [7, 11) is 0. The Hall–Kier alpha value is -1.53. The van der Waals surface area contributed by atoms with Crippen molar-refractivity contribution in [3.8, 4) is 0 Å². The van der Waals surface area contributed by atoms with Crippen LogP contribution in [0.4, 0.5) is 0 Å². The van der Waals surface area contributed by atoms with Crippen LogP contribution in [0.15, 0.2) is 40.3 Å². The molecule has 2 rings (SSSR count). The van der Waals surface area contributed by atoms with Crippen LogP contribution in [-0.2, 0) is 11.3 Å². The molecule has 1 heterocycles. The minimum Gasteiger partial charge on any atom is -0.377 e. The first-order chi connectivity index (χ1) is 8.84. The van der Waals surface area contributed by atoms with E-state index in [0.717, 1.165) is 12.2 Å². The van der Waals surface area contributed by atoms with Crippen molar-refractivity contribution in [3.05, 3.63) is 46.4 Å². The molecule has 0 bridgehead atoms. The molecule has 0 spiro atoms. The Bertz CT molecular complexity index is 509. The topological polar surface area (TPSA) is 70.8 Å². The van der Waals surface area contributed by atoms with E-state index in [1.54, 1.807) is 0 Å². The molecule has 0 atom stereocenters. The third-order valence-corrected chi connectivity index (χ3v) is 3.22. The van der Waals surface area contributed by atoms with Crippen LogP contribution in [0.25, 0.3) is 0 Å². The van der Waals surface area contributed by atoms with E-state index in [0.29, 0.717) is 18.4 Å². The highest BCUT2D eigenvalue weighted by Crippen LogP contribution is 2.11. The van der Waals surface area contributed by atoms with E-state index in [1.165, 1.54) is 17.3 Å². The van der Waals surface area contributed by atoms with Gasteiger partial charge in [-0.25, -0.2) is 9.89 Å². The van der Waals surface area contributed by atoms with Crippen LogP contribution in [0.5, 0.6) is 0 Å². The van der Waals surface area contributed by atoms with Crippen LogP contribution < -0.4 is 5.69 Å². The highest BCUT2D eigenvalue weighted by molar-refractivity contribution is 7.99. The van der Waals surface area contributed by atoms with Gasteiger partial charge < -0.3 is 4.74 Å². The van der Waals surface area contributed by atoms with E-state index in [-0.39, 0.29) is 5.69 Å². The van der Waals surface area contributed by atoms with Gasteiger partial charge in [0.05, 0.1) is 6.61 Å². The average molecular weight is 265 g/mol. The van der Waals surface area contributed by atoms with Crippen LogP contribution in [0.1, 0.15) is 12.0 Å². The van der Waals surface area contributed by atoms with E-state index in [1.807, 2.05) is 30.3 Å². The number of hydrogen-bond acceptors (Lipinski definition) is 4. The quantitative estimate of drug-likeness (QED) is 0.591. The fraction of sp³-hybridized carbons (Fsp3) is 0.333. The van der Waals surface area contributed by atoms with Crippen LogP contribution in [0.3, 0.4) is 0 Å². The Labute approximate surface area is 109 Å². The van der Waals surface area contributed by atoms with E-state index in [9.17, 15) is 4.79 Å². The largest absolute Gasteiger partial charge is 0.377 e. The normalized spacial score (nSPS) is 10.7. The van der Waals surface area contributed by atoms with E-state index < -0.39 is 0 Å². The summed E-state index contributed by atoms with van der Waals surface area (Å²) < 4.78 is 5.55. The van der Waals surface area contributed by atoms with Gasteiger partial charge in [0.1, 0.15) is 0 Å². The fourth-order valence-electron chi connectivity index (χ4n) is 1.42. The van der Waals surface area contributed by atoms with Crippen molar-refractivity contribution in [2.75, 3.05) is 12.4 Å². The van der Waals surface area contributed by atoms with Gasteiger partial charge in [-0.3, -0.25) is 4.98 Å². The van der Waals surface area contributed by atoms with Crippen molar-refractivity contribution >= 4 is 11.8 Å². The highest BCUT2D eigenvalue weighted by Gasteiger charge is 1.98. The van der Waals surface area contributed by atoms with E-state index in [4.69, 9.17) is 4.74 Å². The molecule has 0 aliphatic heterocycles. The summed E-state index contributed by atoms with van der Waals surface area (Å²) in [5.41, 5.74) is 0.916. The Morgan fingerprint density at radius 1 is 1.28 bits per heavy atom. The molecule has 0 saturated carbocycles. The van der Waals surface area contributed by atoms with Gasteiger partial charge >= 0.3 is 5.69 Å². The first-order valence-electron chi connectivity index (χ1n) is 5.74. The molecule has 0 unspecified atom stereocenters. The minimum atomic E-state index is -0.266. The van der Waals surface area contributed by atoms with Gasteiger partial charge in [-0.15, -0.1) is 5.10 Å². The zero-order valence-corrected chi connectivity index (χ0v) is 10.7.